The number of nitrogens with one attached hydrogen (secondary N) is 1. The second kappa shape index (κ2) is 8.42. The molecule has 0 radical (unpaired) electrons. The standard InChI is InChI=1S/C16H18N6O3S5/c1-10-3-4-12(11(9-10)25-2)30(23,24)19-13-17-5-6-20(13)16(27)29-22-8-7-21-14(22)18-28-15(21)26/h3-4,9H,5-8H2,1-2H3,(H,17,19). The molecule has 1 aromatic carbocycles. The number of anilines is 1. The van der Waals surface area contributed by atoms with Crippen LogP contribution in [-0.2, 0) is 16.6 Å². The number of methoxy groups -OCH3 is 1. The highest BCUT2D eigenvalue weighted by Crippen LogP contribution is 2.31. The van der Waals surface area contributed by atoms with Crippen molar-refractivity contribution < 1.29 is 13.2 Å². The fraction of sp³-hybridized carbons (Fsp3) is 0.375. The van der Waals surface area contributed by atoms with Gasteiger partial charge >= 0.3 is 0 Å². The SMILES string of the molecule is COc1cc(C)ccc1S(=O)(=O)NC1=NCCN1C(=S)SN1CCn2c1nsc2=S. The van der Waals surface area contributed by atoms with Crippen molar-refractivity contribution in [3.05, 3.63) is 27.7 Å². The van der Waals surface area contributed by atoms with E-state index in [1.165, 1.54) is 36.7 Å². The van der Waals surface area contributed by atoms with Crippen LogP contribution in [0.3, 0.4) is 0 Å². The number of sulfonamides is 1. The molecular weight excluding hydrogens is 485 g/mol. The first-order valence-corrected chi connectivity index (χ1v) is 12.7. The van der Waals surface area contributed by atoms with Crippen LogP contribution in [-0.4, -0.2) is 59.3 Å². The maximum Gasteiger partial charge on any atom is 0.267 e. The summed E-state index contributed by atoms with van der Waals surface area (Å²) in [4.78, 5) is 6.03. The summed E-state index contributed by atoms with van der Waals surface area (Å²) in [5.74, 6) is 1.24. The predicted molar refractivity (Wildman–Crippen MR) is 126 cm³/mol. The summed E-state index contributed by atoms with van der Waals surface area (Å²) in [6.45, 7) is 4.27. The highest BCUT2D eigenvalue weighted by molar-refractivity contribution is 8.23. The smallest absolute Gasteiger partial charge is 0.267 e. The lowest BCUT2D eigenvalue weighted by molar-refractivity contribution is 0.402. The van der Waals surface area contributed by atoms with Crippen molar-refractivity contribution in [1.29, 1.82) is 0 Å². The molecule has 4 rings (SSSR count). The molecule has 0 saturated carbocycles. The van der Waals surface area contributed by atoms with Crippen LogP contribution in [0, 0.1) is 10.9 Å². The Kier molecular flexibility index (Phi) is 6.03. The molecule has 30 heavy (non-hydrogen) atoms. The van der Waals surface area contributed by atoms with Crippen LogP contribution in [0.25, 0.3) is 0 Å². The summed E-state index contributed by atoms with van der Waals surface area (Å²) in [5.41, 5.74) is 0.898. The van der Waals surface area contributed by atoms with E-state index >= 15 is 0 Å². The quantitative estimate of drug-likeness (QED) is 0.500. The minimum atomic E-state index is -3.90. The first-order chi connectivity index (χ1) is 14.3. The molecule has 2 aromatic rings. The van der Waals surface area contributed by atoms with Crippen LogP contribution < -0.4 is 13.8 Å². The Bertz CT molecular complexity index is 1190. The lowest BCUT2D eigenvalue weighted by Gasteiger charge is -2.24. The van der Waals surface area contributed by atoms with Crippen LogP contribution in [0.15, 0.2) is 28.1 Å². The number of thiocarbonyl (C=S) groups is 1. The Morgan fingerprint density at radius 3 is 2.90 bits per heavy atom. The van der Waals surface area contributed by atoms with Crippen LogP contribution >= 0.6 is 47.9 Å². The molecule has 1 aromatic heterocycles. The third-order valence-corrected chi connectivity index (χ3v) is 8.33. The van der Waals surface area contributed by atoms with Crippen molar-refractivity contribution in [2.24, 2.45) is 4.99 Å². The van der Waals surface area contributed by atoms with Crippen molar-refractivity contribution in [1.82, 2.24) is 18.6 Å². The highest BCUT2D eigenvalue weighted by atomic mass is 32.2. The monoisotopic (exact) mass is 502 g/mol. The lowest BCUT2D eigenvalue weighted by atomic mass is 10.2. The molecule has 3 heterocycles. The largest absolute Gasteiger partial charge is 0.495 e. The van der Waals surface area contributed by atoms with E-state index in [1.54, 1.807) is 17.0 Å². The molecule has 0 unspecified atom stereocenters. The Hall–Kier alpha value is -1.74. The van der Waals surface area contributed by atoms with Gasteiger partial charge in [0.1, 0.15) is 10.6 Å². The molecular formula is C16H18N6O3S5. The number of guanidine groups is 1. The van der Waals surface area contributed by atoms with Gasteiger partial charge in [0.25, 0.3) is 10.0 Å². The van der Waals surface area contributed by atoms with Gasteiger partial charge in [0.15, 0.2) is 8.27 Å². The minimum absolute atomic E-state index is 0.0461. The number of hydrogen-bond acceptors (Lipinski definition) is 10. The molecule has 2 aliphatic heterocycles. The van der Waals surface area contributed by atoms with Crippen molar-refractivity contribution in [3.63, 3.8) is 0 Å². The molecule has 2 aliphatic rings. The number of aromatic nitrogens is 2. The second-order valence-electron chi connectivity index (χ2n) is 6.48. The highest BCUT2D eigenvalue weighted by Gasteiger charge is 2.31. The van der Waals surface area contributed by atoms with E-state index in [9.17, 15) is 8.42 Å². The zero-order valence-corrected chi connectivity index (χ0v) is 20.1. The first kappa shape index (κ1) is 21.5. The Balaban J connectivity index is 1.50. The van der Waals surface area contributed by atoms with E-state index < -0.39 is 10.0 Å². The summed E-state index contributed by atoms with van der Waals surface area (Å²) in [6.07, 6.45) is 0. The third-order valence-electron chi connectivity index (χ3n) is 4.50. The van der Waals surface area contributed by atoms with Crippen LogP contribution in [0.2, 0.25) is 0 Å². The molecule has 14 heteroatoms. The summed E-state index contributed by atoms with van der Waals surface area (Å²) in [7, 11) is -2.46. The fourth-order valence-corrected chi connectivity index (χ4v) is 6.49. The van der Waals surface area contributed by atoms with E-state index in [1.807, 2.05) is 15.8 Å². The average Bonchev–Trinajstić information content (AvgIpc) is 3.40. The van der Waals surface area contributed by atoms with Crippen LogP contribution in [0.4, 0.5) is 5.95 Å². The molecule has 160 valence electrons. The normalized spacial score (nSPS) is 15.9. The van der Waals surface area contributed by atoms with E-state index in [-0.39, 0.29) is 16.6 Å². The maximum atomic E-state index is 13.0. The summed E-state index contributed by atoms with van der Waals surface area (Å²) >= 11 is 13.4. The maximum absolute atomic E-state index is 13.0. The van der Waals surface area contributed by atoms with Crippen LogP contribution in [0.5, 0.6) is 5.75 Å². The van der Waals surface area contributed by atoms with Gasteiger partial charge in [-0.05, 0) is 48.4 Å². The van der Waals surface area contributed by atoms with Gasteiger partial charge in [-0.3, -0.25) is 18.8 Å². The molecule has 0 atom stereocenters. The zero-order valence-electron chi connectivity index (χ0n) is 16.1. The van der Waals surface area contributed by atoms with Gasteiger partial charge < -0.3 is 4.74 Å². The number of fused-ring (bicyclic) bond motifs is 1. The molecule has 9 nitrogen and oxygen atoms in total. The summed E-state index contributed by atoms with van der Waals surface area (Å²) in [6, 6.07) is 4.91. The molecule has 0 aliphatic carbocycles. The zero-order chi connectivity index (χ0) is 21.5. The van der Waals surface area contributed by atoms with E-state index in [2.05, 4.69) is 14.1 Å². The topological polar surface area (TPSA) is 92.1 Å². The summed E-state index contributed by atoms with van der Waals surface area (Å²) in [5, 5.41) is 0. The molecule has 1 N–H and O–H groups in total. The Morgan fingerprint density at radius 2 is 2.13 bits per heavy atom. The van der Waals surface area contributed by atoms with Crippen molar-refractivity contribution in [2.45, 2.75) is 18.4 Å². The molecule has 0 amide bonds. The van der Waals surface area contributed by atoms with Gasteiger partial charge in [-0.1, -0.05) is 18.3 Å². The van der Waals surface area contributed by atoms with Crippen molar-refractivity contribution in [2.75, 3.05) is 31.0 Å². The van der Waals surface area contributed by atoms with Crippen LogP contribution in [0.1, 0.15) is 5.56 Å². The van der Waals surface area contributed by atoms with E-state index in [4.69, 9.17) is 29.2 Å². The fourth-order valence-electron chi connectivity index (χ4n) is 3.04. The van der Waals surface area contributed by atoms with Crippen molar-refractivity contribution >= 4 is 74.2 Å². The minimum Gasteiger partial charge on any atom is -0.495 e. The third kappa shape index (κ3) is 4.06. The molecule has 0 bridgehead atoms. The number of rotatable bonds is 4. The predicted octanol–water partition coefficient (Wildman–Crippen LogP) is 2.39. The molecule has 0 spiro atoms. The van der Waals surface area contributed by atoms with E-state index in [0.717, 1.165) is 28.6 Å². The first-order valence-electron chi connectivity index (χ1n) is 8.85. The molecule has 0 saturated heterocycles. The Labute approximate surface area is 193 Å². The average molecular weight is 503 g/mol. The number of aryl methyl sites for hydroxylation is 1. The van der Waals surface area contributed by atoms with E-state index in [0.29, 0.717) is 17.4 Å². The number of benzene rings is 1. The van der Waals surface area contributed by atoms with Crippen molar-refractivity contribution in [3.8, 4) is 5.75 Å². The number of hydrogen-bond donors (Lipinski definition) is 1. The second-order valence-corrected chi connectivity index (χ2v) is 11.2. The summed E-state index contributed by atoms with van der Waals surface area (Å²) < 4.78 is 43.3. The number of ether oxygens (including phenoxy) is 1. The Morgan fingerprint density at radius 1 is 1.33 bits per heavy atom. The number of aliphatic imine (C=N–C) groups is 1. The van der Waals surface area contributed by atoms with Gasteiger partial charge in [0.05, 0.1) is 20.2 Å². The van der Waals surface area contributed by atoms with Gasteiger partial charge in [-0.2, -0.15) is 4.37 Å². The molecule has 0 fully saturated rings. The van der Waals surface area contributed by atoms with Gasteiger partial charge in [0.2, 0.25) is 11.9 Å². The van der Waals surface area contributed by atoms with Gasteiger partial charge in [-0.25, -0.2) is 13.1 Å². The van der Waals surface area contributed by atoms with Gasteiger partial charge in [-0.15, -0.1) is 0 Å². The lowest BCUT2D eigenvalue weighted by Crippen LogP contribution is -2.44. The van der Waals surface area contributed by atoms with Gasteiger partial charge in [0, 0.05) is 25.0 Å². The number of nitrogens with zero attached hydrogens (tertiary/aromatic N) is 5.